The number of aromatic nitrogens is 1. The molecule has 0 aliphatic rings. The van der Waals surface area contributed by atoms with E-state index in [0.29, 0.717) is 18.8 Å². The van der Waals surface area contributed by atoms with E-state index in [0.717, 1.165) is 0 Å². The number of hydrogen-bond acceptors (Lipinski definition) is 3. The highest BCUT2D eigenvalue weighted by Crippen LogP contribution is 2.20. The van der Waals surface area contributed by atoms with Crippen molar-refractivity contribution in [2.45, 2.75) is 25.6 Å². The minimum absolute atomic E-state index is 0.0847. The molecule has 0 saturated heterocycles. The lowest BCUT2D eigenvalue weighted by atomic mass is 10.3. The summed E-state index contributed by atoms with van der Waals surface area (Å²) in [6.07, 6.45) is -3.30. The Labute approximate surface area is 79.3 Å². The van der Waals surface area contributed by atoms with Crippen LogP contribution in [0.4, 0.5) is 13.2 Å². The molecule has 1 aromatic rings. The maximum absolute atomic E-state index is 11.7. The standard InChI is InChI=1S/C8H11F3N2O/c9-8(10,11)3-1-4-12-6-7-2-5-14-13-7/h2,5,12H,1,3-4,6H2. The summed E-state index contributed by atoms with van der Waals surface area (Å²) >= 11 is 0. The molecular weight excluding hydrogens is 197 g/mol. The van der Waals surface area contributed by atoms with Gasteiger partial charge in [0.25, 0.3) is 0 Å². The third-order valence-corrected chi connectivity index (χ3v) is 1.61. The van der Waals surface area contributed by atoms with Crippen molar-refractivity contribution in [2.75, 3.05) is 6.54 Å². The lowest BCUT2D eigenvalue weighted by Crippen LogP contribution is -2.17. The van der Waals surface area contributed by atoms with E-state index in [2.05, 4.69) is 15.0 Å². The largest absolute Gasteiger partial charge is 0.389 e. The van der Waals surface area contributed by atoms with Crippen molar-refractivity contribution in [1.29, 1.82) is 0 Å². The molecule has 0 fully saturated rings. The predicted molar refractivity (Wildman–Crippen MR) is 43.5 cm³/mol. The highest BCUT2D eigenvalue weighted by Gasteiger charge is 2.25. The van der Waals surface area contributed by atoms with Gasteiger partial charge in [-0.25, -0.2) is 0 Å². The first-order valence-corrected chi connectivity index (χ1v) is 4.25. The van der Waals surface area contributed by atoms with Gasteiger partial charge in [-0.2, -0.15) is 13.2 Å². The van der Waals surface area contributed by atoms with Crippen LogP contribution >= 0.6 is 0 Å². The fourth-order valence-electron chi connectivity index (χ4n) is 0.959. The highest BCUT2D eigenvalue weighted by molar-refractivity contribution is 4.93. The smallest absolute Gasteiger partial charge is 0.364 e. The normalized spacial score (nSPS) is 11.9. The Bertz CT molecular complexity index is 246. The molecule has 1 heterocycles. The van der Waals surface area contributed by atoms with E-state index in [1.165, 1.54) is 6.26 Å². The van der Waals surface area contributed by atoms with Gasteiger partial charge in [0, 0.05) is 19.0 Å². The molecule has 80 valence electrons. The Balaban J connectivity index is 2.00. The molecule has 3 nitrogen and oxygen atoms in total. The fraction of sp³-hybridized carbons (Fsp3) is 0.625. The zero-order valence-corrected chi connectivity index (χ0v) is 7.47. The summed E-state index contributed by atoms with van der Waals surface area (Å²) in [5, 5.41) is 6.44. The molecule has 0 spiro atoms. The van der Waals surface area contributed by atoms with Gasteiger partial charge in [-0.15, -0.1) is 0 Å². The number of hydrogen-bond donors (Lipinski definition) is 1. The van der Waals surface area contributed by atoms with Gasteiger partial charge in [0.15, 0.2) is 0 Å². The fourth-order valence-corrected chi connectivity index (χ4v) is 0.959. The SMILES string of the molecule is FC(F)(F)CCCNCc1ccon1. The monoisotopic (exact) mass is 208 g/mol. The lowest BCUT2D eigenvalue weighted by molar-refractivity contribution is -0.135. The van der Waals surface area contributed by atoms with Crippen LogP contribution in [0.2, 0.25) is 0 Å². The van der Waals surface area contributed by atoms with Crippen molar-refractivity contribution in [3.8, 4) is 0 Å². The van der Waals surface area contributed by atoms with Gasteiger partial charge in [-0.05, 0) is 13.0 Å². The van der Waals surface area contributed by atoms with Crippen LogP contribution in [-0.2, 0) is 6.54 Å². The zero-order chi connectivity index (χ0) is 10.4. The predicted octanol–water partition coefficient (Wildman–Crippen LogP) is 2.11. The lowest BCUT2D eigenvalue weighted by Gasteiger charge is -2.05. The molecule has 6 heteroatoms. The Morgan fingerprint density at radius 1 is 1.43 bits per heavy atom. The van der Waals surface area contributed by atoms with Crippen LogP contribution in [0, 0.1) is 0 Å². The minimum Gasteiger partial charge on any atom is -0.364 e. The summed E-state index contributed by atoms with van der Waals surface area (Å²) in [5.41, 5.74) is 0.692. The molecule has 0 atom stereocenters. The zero-order valence-electron chi connectivity index (χ0n) is 7.47. The quantitative estimate of drug-likeness (QED) is 0.753. The van der Waals surface area contributed by atoms with E-state index in [1.807, 2.05) is 0 Å². The van der Waals surface area contributed by atoms with E-state index in [4.69, 9.17) is 0 Å². The number of alkyl halides is 3. The molecule has 0 aromatic carbocycles. The Morgan fingerprint density at radius 3 is 2.79 bits per heavy atom. The highest BCUT2D eigenvalue weighted by atomic mass is 19.4. The first-order valence-electron chi connectivity index (χ1n) is 4.25. The van der Waals surface area contributed by atoms with E-state index in [1.54, 1.807) is 6.07 Å². The topological polar surface area (TPSA) is 38.1 Å². The summed E-state index contributed by atoms with van der Waals surface area (Å²) in [6.45, 7) is 0.765. The van der Waals surface area contributed by atoms with Gasteiger partial charge < -0.3 is 9.84 Å². The summed E-state index contributed by atoms with van der Waals surface area (Å²) in [7, 11) is 0. The molecule has 0 bridgehead atoms. The molecule has 14 heavy (non-hydrogen) atoms. The number of rotatable bonds is 5. The van der Waals surface area contributed by atoms with Crippen LogP contribution in [0.15, 0.2) is 16.9 Å². The third-order valence-electron chi connectivity index (χ3n) is 1.61. The minimum atomic E-state index is -4.06. The summed E-state index contributed by atoms with van der Waals surface area (Å²) in [5.74, 6) is 0. The second kappa shape index (κ2) is 4.99. The van der Waals surface area contributed by atoms with Crippen molar-refractivity contribution < 1.29 is 17.7 Å². The second-order valence-electron chi connectivity index (χ2n) is 2.89. The Hall–Kier alpha value is -1.04. The van der Waals surface area contributed by atoms with E-state index in [-0.39, 0.29) is 6.42 Å². The van der Waals surface area contributed by atoms with E-state index >= 15 is 0 Å². The molecule has 0 saturated carbocycles. The third kappa shape index (κ3) is 4.86. The number of halogens is 3. The van der Waals surface area contributed by atoms with Gasteiger partial charge in [0.05, 0.1) is 5.69 Å². The van der Waals surface area contributed by atoms with Gasteiger partial charge in [0.1, 0.15) is 6.26 Å². The van der Waals surface area contributed by atoms with Crippen LogP contribution in [-0.4, -0.2) is 17.9 Å². The van der Waals surface area contributed by atoms with Gasteiger partial charge in [0.2, 0.25) is 0 Å². The molecule has 0 aliphatic carbocycles. The number of nitrogens with one attached hydrogen (secondary N) is 1. The van der Waals surface area contributed by atoms with Gasteiger partial charge >= 0.3 is 6.18 Å². The van der Waals surface area contributed by atoms with E-state index in [9.17, 15) is 13.2 Å². The molecule has 0 unspecified atom stereocenters. The van der Waals surface area contributed by atoms with Crippen LogP contribution in [0.1, 0.15) is 18.5 Å². The van der Waals surface area contributed by atoms with Crippen molar-refractivity contribution in [3.63, 3.8) is 0 Å². The van der Waals surface area contributed by atoms with Crippen molar-refractivity contribution in [3.05, 3.63) is 18.0 Å². The maximum atomic E-state index is 11.7. The van der Waals surface area contributed by atoms with E-state index < -0.39 is 12.6 Å². The van der Waals surface area contributed by atoms with Crippen LogP contribution in [0.5, 0.6) is 0 Å². The van der Waals surface area contributed by atoms with Crippen molar-refractivity contribution in [2.24, 2.45) is 0 Å². The Morgan fingerprint density at radius 2 is 2.21 bits per heavy atom. The van der Waals surface area contributed by atoms with Gasteiger partial charge in [-0.3, -0.25) is 0 Å². The summed E-state index contributed by atoms with van der Waals surface area (Å²) in [4.78, 5) is 0. The molecule has 1 rings (SSSR count). The average molecular weight is 208 g/mol. The maximum Gasteiger partial charge on any atom is 0.389 e. The molecular formula is C8H11F3N2O. The average Bonchev–Trinajstić information content (AvgIpc) is 2.54. The first-order chi connectivity index (χ1) is 6.58. The van der Waals surface area contributed by atoms with Gasteiger partial charge in [-0.1, -0.05) is 5.16 Å². The Kier molecular flexibility index (Phi) is 3.94. The molecule has 1 N–H and O–H groups in total. The van der Waals surface area contributed by atoms with Crippen LogP contribution in [0.25, 0.3) is 0 Å². The summed E-state index contributed by atoms with van der Waals surface area (Å²) in [6, 6.07) is 1.66. The second-order valence-corrected chi connectivity index (χ2v) is 2.89. The van der Waals surface area contributed by atoms with Crippen molar-refractivity contribution in [1.82, 2.24) is 10.5 Å². The summed E-state index contributed by atoms with van der Waals surface area (Å²) < 4.78 is 39.7. The molecule has 0 amide bonds. The van der Waals surface area contributed by atoms with Crippen molar-refractivity contribution >= 4 is 0 Å². The first kappa shape index (κ1) is 11.0. The number of nitrogens with zero attached hydrogens (tertiary/aromatic N) is 1. The van der Waals surface area contributed by atoms with Crippen LogP contribution in [0.3, 0.4) is 0 Å². The molecule has 0 aliphatic heterocycles. The molecule has 1 aromatic heterocycles. The van der Waals surface area contributed by atoms with Crippen LogP contribution < -0.4 is 5.32 Å². The molecule has 0 radical (unpaired) electrons.